The molecule has 0 aliphatic heterocycles. The third kappa shape index (κ3) is 5.05. The summed E-state index contributed by atoms with van der Waals surface area (Å²) in [6.07, 6.45) is 1.55. The number of hydrogen-bond donors (Lipinski definition) is 0. The van der Waals surface area contributed by atoms with E-state index in [9.17, 15) is 8.78 Å². The van der Waals surface area contributed by atoms with Crippen molar-refractivity contribution < 1.29 is 13.5 Å². The zero-order chi connectivity index (χ0) is 22.4. The molecule has 31 heavy (non-hydrogen) atoms. The van der Waals surface area contributed by atoms with Crippen molar-refractivity contribution >= 4 is 12.3 Å². The third-order valence-electron chi connectivity index (χ3n) is 4.40. The predicted octanol–water partition coefficient (Wildman–Crippen LogP) is 3.22. The Bertz CT molecular complexity index is 1120. The number of likely N-dealkylation sites (N-methyl/N-ethyl adjacent to an activating group) is 1. The summed E-state index contributed by atoms with van der Waals surface area (Å²) in [5.41, 5.74) is 1.92. The second-order valence-corrected chi connectivity index (χ2v) is 6.31. The number of nitriles is 1. The van der Waals surface area contributed by atoms with Crippen molar-refractivity contribution in [3.8, 4) is 17.8 Å². The number of rotatable bonds is 8. The molecule has 0 N–H and O–H groups in total. The lowest BCUT2D eigenvalue weighted by Crippen LogP contribution is -2.19. The van der Waals surface area contributed by atoms with Gasteiger partial charge < -0.3 is 4.74 Å². The number of ether oxygens (including phenoxy) is 1. The molecule has 0 aliphatic rings. The standard InChI is InChI=1S/C20H18F2N8O/c1-13(16-5-4-14(9-25-16)20(21)22)17(29(3)24-2)11-31-19-7-6-18(27-28-19)30-10-15(8-23)26-12-30/h4-7,9-10,12,20H,2,11H2,1,3H3/b17-13+. The van der Waals surface area contributed by atoms with Gasteiger partial charge in [0.2, 0.25) is 5.88 Å². The molecule has 0 fully saturated rings. The highest BCUT2D eigenvalue weighted by Crippen LogP contribution is 2.23. The molecule has 0 amide bonds. The highest BCUT2D eigenvalue weighted by molar-refractivity contribution is 5.64. The highest BCUT2D eigenvalue weighted by Gasteiger charge is 2.14. The summed E-state index contributed by atoms with van der Waals surface area (Å²) >= 11 is 0. The predicted molar refractivity (Wildman–Crippen MR) is 108 cm³/mol. The monoisotopic (exact) mass is 424 g/mol. The molecule has 9 nitrogen and oxygen atoms in total. The number of hydrogen-bond acceptors (Lipinski definition) is 8. The van der Waals surface area contributed by atoms with Gasteiger partial charge in [-0.2, -0.15) is 10.4 Å². The van der Waals surface area contributed by atoms with Gasteiger partial charge in [0.1, 0.15) is 19.0 Å². The first-order valence-electron chi connectivity index (χ1n) is 8.98. The van der Waals surface area contributed by atoms with E-state index < -0.39 is 6.43 Å². The number of aromatic nitrogens is 5. The number of pyridine rings is 1. The van der Waals surface area contributed by atoms with Crippen LogP contribution >= 0.6 is 0 Å². The number of alkyl halides is 2. The molecule has 0 aromatic carbocycles. The Morgan fingerprint density at radius 1 is 1.29 bits per heavy atom. The largest absolute Gasteiger partial charge is 0.470 e. The summed E-state index contributed by atoms with van der Waals surface area (Å²) in [4.78, 5) is 8.02. The van der Waals surface area contributed by atoms with Crippen molar-refractivity contribution in [3.05, 3.63) is 65.6 Å². The normalized spacial score (nSPS) is 11.6. The van der Waals surface area contributed by atoms with Gasteiger partial charge in [0.05, 0.1) is 11.4 Å². The van der Waals surface area contributed by atoms with Crippen molar-refractivity contribution in [2.24, 2.45) is 5.10 Å². The van der Waals surface area contributed by atoms with Crippen LogP contribution in [0.15, 0.2) is 53.8 Å². The van der Waals surface area contributed by atoms with Gasteiger partial charge in [0, 0.05) is 37.8 Å². The van der Waals surface area contributed by atoms with E-state index in [1.165, 1.54) is 29.7 Å². The van der Waals surface area contributed by atoms with Crippen molar-refractivity contribution in [1.82, 2.24) is 29.7 Å². The smallest absolute Gasteiger partial charge is 0.265 e. The lowest BCUT2D eigenvalue weighted by molar-refractivity contribution is 0.151. The maximum Gasteiger partial charge on any atom is 0.265 e. The number of halogens is 2. The molecule has 0 spiro atoms. The molecule has 3 aromatic heterocycles. The van der Waals surface area contributed by atoms with Crippen LogP contribution in [0, 0.1) is 11.3 Å². The fraction of sp³-hybridized carbons (Fsp3) is 0.200. The van der Waals surface area contributed by atoms with Crippen LogP contribution in [0.1, 0.15) is 30.3 Å². The molecule has 0 saturated heterocycles. The summed E-state index contributed by atoms with van der Waals surface area (Å²) in [5.74, 6) is 0.731. The quantitative estimate of drug-likeness (QED) is 0.404. The van der Waals surface area contributed by atoms with Crippen molar-refractivity contribution in [2.45, 2.75) is 13.3 Å². The van der Waals surface area contributed by atoms with Crippen LogP contribution in [0.25, 0.3) is 11.4 Å². The minimum absolute atomic E-state index is 0.0668. The third-order valence-corrected chi connectivity index (χ3v) is 4.40. The van der Waals surface area contributed by atoms with E-state index in [2.05, 4.69) is 32.0 Å². The minimum Gasteiger partial charge on any atom is -0.470 e. The van der Waals surface area contributed by atoms with E-state index in [-0.39, 0.29) is 23.7 Å². The Morgan fingerprint density at radius 3 is 2.65 bits per heavy atom. The molecule has 0 radical (unpaired) electrons. The van der Waals surface area contributed by atoms with Crippen LogP contribution in [-0.4, -0.2) is 50.1 Å². The lowest BCUT2D eigenvalue weighted by Gasteiger charge is -2.20. The van der Waals surface area contributed by atoms with Gasteiger partial charge in [-0.3, -0.25) is 14.6 Å². The van der Waals surface area contributed by atoms with Gasteiger partial charge in [-0.15, -0.1) is 10.2 Å². The van der Waals surface area contributed by atoms with Crippen molar-refractivity contribution in [3.63, 3.8) is 0 Å². The summed E-state index contributed by atoms with van der Waals surface area (Å²) in [7, 11) is 1.68. The average molecular weight is 424 g/mol. The van der Waals surface area contributed by atoms with Crippen LogP contribution in [0.4, 0.5) is 8.78 Å². The highest BCUT2D eigenvalue weighted by atomic mass is 19.3. The van der Waals surface area contributed by atoms with Gasteiger partial charge in [-0.25, -0.2) is 13.8 Å². The molecule has 3 heterocycles. The Balaban J connectivity index is 1.77. The van der Waals surface area contributed by atoms with Crippen molar-refractivity contribution in [1.29, 1.82) is 5.26 Å². The Kier molecular flexibility index (Phi) is 6.61. The molecule has 0 unspecified atom stereocenters. The first-order chi connectivity index (χ1) is 14.9. The zero-order valence-corrected chi connectivity index (χ0v) is 16.8. The number of nitrogens with zero attached hydrogens (tertiary/aromatic N) is 8. The summed E-state index contributed by atoms with van der Waals surface area (Å²) in [5, 5.41) is 22.3. The van der Waals surface area contributed by atoms with Gasteiger partial charge in [-0.05, 0) is 30.7 Å². The van der Waals surface area contributed by atoms with Gasteiger partial charge >= 0.3 is 0 Å². The van der Waals surface area contributed by atoms with E-state index in [0.717, 1.165) is 6.20 Å². The topological polar surface area (TPSA) is 105 Å². The summed E-state index contributed by atoms with van der Waals surface area (Å²) in [6.45, 7) is 5.36. The van der Waals surface area contributed by atoms with Gasteiger partial charge in [0.15, 0.2) is 11.5 Å². The number of imidazole rings is 1. The fourth-order valence-corrected chi connectivity index (χ4v) is 2.61. The SMILES string of the molecule is C=NN(C)/C(COc1ccc(-n2cnc(C#N)c2)nn1)=C(\C)c1ccc(C(F)F)cn1. The fourth-order valence-electron chi connectivity index (χ4n) is 2.61. The van der Waals surface area contributed by atoms with E-state index in [0.29, 0.717) is 22.8 Å². The molecular formula is C20H18F2N8O. The van der Waals surface area contributed by atoms with E-state index in [1.54, 1.807) is 30.7 Å². The lowest BCUT2D eigenvalue weighted by atomic mass is 10.1. The van der Waals surface area contributed by atoms with Crippen LogP contribution in [-0.2, 0) is 0 Å². The second kappa shape index (κ2) is 9.53. The molecule has 0 atom stereocenters. The summed E-state index contributed by atoms with van der Waals surface area (Å²) < 4.78 is 32.8. The first-order valence-corrected chi connectivity index (χ1v) is 8.98. The van der Waals surface area contributed by atoms with Crippen molar-refractivity contribution in [2.75, 3.05) is 13.7 Å². The Labute approximate surface area is 177 Å². The Hall–Kier alpha value is -4.20. The van der Waals surface area contributed by atoms with Crippen LogP contribution < -0.4 is 4.74 Å². The van der Waals surface area contributed by atoms with Crippen LogP contribution in [0.3, 0.4) is 0 Å². The zero-order valence-electron chi connectivity index (χ0n) is 16.8. The molecule has 3 rings (SSSR count). The Morgan fingerprint density at radius 2 is 2.10 bits per heavy atom. The molecule has 158 valence electrons. The van der Waals surface area contributed by atoms with Gasteiger partial charge in [-0.1, -0.05) is 0 Å². The number of allylic oxidation sites excluding steroid dienone is 1. The maximum absolute atomic E-state index is 12.8. The number of hydrazone groups is 1. The molecule has 0 saturated carbocycles. The second-order valence-electron chi connectivity index (χ2n) is 6.31. The van der Waals surface area contributed by atoms with Crippen LogP contribution in [0.2, 0.25) is 0 Å². The molecule has 11 heteroatoms. The first kappa shape index (κ1) is 21.5. The summed E-state index contributed by atoms with van der Waals surface area (Å²) in [6, 6.07) is 8.08. The minimum atomic E-state index is -2.58. The van der Waals surface area contributed by atoms with Gasteiger partial charge in [0.25, 0.3) is 6.43 Å². The van der Waals surface area contributed by atoms with Crippen LogP contribution in [0.5, 0.6) is 5.88 Å². The average Bonchev–Trinajstić information content (AvgIpc) is 3.28. The molecular weight excluding hydrogens is 406 g/mol. The molecule has 3 aromatic rings. The van der Waals surface area contributed by atoms with E-state index in [4.69, 9.17) is 10.00 Å². The molecule has 0 aliphatic carbocycles. The molecule has 0 bridgehead atoms. The van der Waals surface area contributed by atoms with E-state index >= 15 is 0 Å². The van der Waals surface area contributed by atoms with E-state index in [1.807, 2.05) is 6.07 Å². The maximum atomic E-state index is 12.8.